The van der Waals surface area contributed by atoms with Gasteiger partial charge in [0.1, 0.15) is 6.23 Å². The topological polar surface area (TPSA) is 121 Å². The first kappa shape index (κ1) is 32.7. The Morgan fingerprint density at radius 2 is 1.80 bits per heavy atom. The number of alkyl halides is 3. The molecule has 1 fully saturated rings. The second-order valence-electron chi connectivity index (χ2n) is 10.8. The van der Waals surface area contributed by atoms with Crippen molar-refractivity contribution in [1.29, 1.82) is 0 Å². The van der Waals surface area contributed by atoms with Crippen LogP contribution in [0.2, 0.25) is 0 Å². The fraction of sp³-hybridized carbons (Fsp3) is 0.364. The molecule has 8 nitrogen and oxygen atoms in total. The number of hydrogen-bond donors (Lipinski definition) is 4. The van der Waals surface area contributed by atoms with Gasteiger partial charge in [-0.15, -0.1) is 0 Å². The number of aromatic amines is 1. The number of Topliss-reactive ketones (excluding diaryl/α,β-unsaturated/α-hetero) is 1. The number of esters is 1. The maximum atomic E-state index is 13.7. The number of ketones is 1. The largest absolute Gasteiger partial charge is 0.463 e. The predicted molar refractivity (Wildman–Crippen MR) is 158 cm³/mol. The monoisotopic (exact) mass is 611 g/mol. The summed E-state index contributed by atoms with van der Waals surface area (Å²) in [6.07, 6.45) is -1.53. The maximum Gasteiger partial charge on any atom is 0.417 e. The van der Waals surface area contributed by atoms with Crippen LogP contribution in [0.4, 0.5) is 13.2 Å². The minimum atomic E-state index is -4.58. The summed E-state index contributed by atoms with van der Waals surface area (Å²) in [5.41, 5.74) is 0.130. The molecule has 4 N–H and O–H groups in total. The zero-order chi connectivity index (χ0) is 31.7. The molecule has 2 heterocycles. The number of amides is 1. The molecule has 1 aliphatic heterocycles. The van der Waals surface area contributed by atoms with Gasteiger partial charge in [0.25, 0.3) is 0 Å². The lowest BCUT2D eigenvalue weighted by molar-refractivity contribution is -0.138. The number of nitrogens with one attached hydrogen (secondary N) is 3. The molecule has 0 aliphatic carbocycles. The first-order chi connectivity index (χ1) is 21.0. The van der Waals surface area contributed by atoms with Crippen molar-refractivity contribution in [3.8, 4) is 11.3 Å². The van der Waals surface area contributed by atoms with Crippen molar-refractivity contribution >= 4 is 17.7 Å². The van der Waals surface area contributed by atoms with E-state index in [-0.39, 0.29) is 42.3 Å². The maximum absolute atomic E-state index is 13.7. The quantitative estimate of drug-likeness (QED) is 0.122. The SMILES string of the molecule is CCOC(=O)/C=C/[C@H](C[C@@H]1CCNC1O)NC(=O)[C@@H](CC(=O)c1ccc(-c2ccccc2C(F)(F)F)[nH]1)Cc1ccccc1. The van der Waals surface area contributed by atoms with Crippen molar-refractivity contribution in [2.45, 2.75) is 51.1 Å². The van der Waals surface area contributed by atoms with Crippen LogP contribution in [0.25, 0.3) is 11.3 Å². The van der Waals surface area contributed by atoms with Gasteiger partial charge >= 0.3 is 12.1 Å². The van der Waals surface area contributed by atoms with Crippen molar-refractivity contribution in [1.82, 2.24) is 15.6 Å². The molecule has 1 aromatic heterocycles. The second kappa shape index (κ2) is 15.0. The zero-order valence-corrected chi connectivity index (χ0v) is 24.3. The molecular formula is C33H36F3N3O5. The molecule has 0 radical (unpaired) electrons. The van der Waals surface area contributed by atoms with Gasteiger partial charge in [0.15, 0.2) is 5.78 Å². The highest BCUT2D eigenvalue weighted by Crippen LogP contribution is 2.36. The van der Waals surface area contributed by atoms with E-state index in [1.165, 1.54) is 42.5 Å². The molecule has 11 heteroatoms. The van der Waals surface area contributed by atoms with Crippen LogP contribution >= 0.6 is 0 Å². The normalized spacial score (nSPS) is 18.2. The van der Waals surface area contributed by atoms with Crippen LogP contribution in [0.1, 0.15) is 47.8 Å². The number of aliphatic hydroxyl groups excluding tert-OH is 1. The lowest BCUT2D eigenvalue weighted by atomic mass is 9.91. The third kappa shape index (κ3) is 8.90. The standard InChI is InChI=1S/C33H36F3N3O5/c1-2-44-30(41)15-12-24(19-22-16-17-37-31(22)42)38-32(43)23(18-21-8-4-3-5-9-21)20-29(40)28-14-13-27(39-28)25-10-6-7-11-26(25)33(34,35)36/h3-15,22-24,31,37,39,42H,2,16-20H2,1H3,(H,38,43)/b15-12+/t22-,23+,24+,31?/m0/s1. The summed E-state index contributed by atoms with van der Waals surface area (Å²) in [6.45, 7) is 2.48. The molecular weight excluding hydrogens is 575 g/mol. The Bertz CT molecular complexity index is 1450. The van der Waals surface area contributed by atoms with Gasteiger partial charge in [0, 0.05) is 41.6 Å². The lowest BCUT2D eigenvalue weighted by Crippen LogP contribution is -2.41. The highest BCUT2D eigenvalue weighted by molar-refractivity contribution is 5.98. The van der Waals surface area contributed by atoms with E-state index >= 15 is 0 Å². The first-order valence-corrected chi connectivity index (χ1v) is 14.5. The van der Waals surface area contributed by atoms with Crippen molar-refractivity contribution < 1.29 is 37.4 Å². The van der Waals surface area contributed by atoms with Crippen LogP contribution in [0, 0.1) is 11.8 Å². The molecule has 44 heavy (non-hydrogen) atoms. The van der Waals surface area contributed by atoms with E-state index in [1.54, 1.807) is 6.92 Å². The smallest absolute Gasteiger partial charge is 0.417 e. The number of aliphatic hydroxyl groups is 1. The average Bonchev–Trinajstić information content (AvgIpc) is 3.65. The summed E-state index contributed by atoms with van der Waals surface area (Å²) < 4.78 is 45.7. The fourth-order valence-corrected chi connectivity index (χ4v) is 5.36. The van der Waals surface area contributed by atoms with Crippen molar-refractivity contribution in [3.05, 3.63) is 95.7 Å². The van der Waals surface area contributed by atoms with Gasteiger partial charge in [0.05, 0.1) is 17.9 Å². The van der Waals surface area contributed by atoms with Gasteiger partial charge in [0.2, 0.25) is 5.91 Å². The summed E-state index contributed by atoms with van der Waals surface area (Å²) in [7, 11) is 0. The molecule has 0 saturated carbocycles. The Kier molecular flexibility index (Phi) is 11.1. The summed E-state index contributed by atoms with van der Waals surface area (Å²) in [5, 5.41) is 16.2. The number of rotatable bonds is 13. The number of carbonyl (C=O) groups is 3. The molecule has 1 saturated heterocycles. The van der Waals surface area contributed by atoms with Crippen molar-refractivity contribution in [2.75, 3.05) is 13.2 Å². The molecule has 234 valence electrons. The van der Waals surface area contributed by atoms with Gasteiger partial charge in [-0.1, -0.05) is 54.6 Å². The van der Waals surface area contributed by atoms with Crippen LogP contribution in [0.3, 0.4) is 0 Å². The Morgan fingerprint density at radius 1 is 1.07 bits per heavy atom. The highest BCUT2D eigenvalue weighted by atomic mass is 19.4. The Morgan fingerprint density at radius 3 is 2.48 bits per heavy atom. The Balaban J connectivity index is 1.55. The third-order valence-electron chi connectivity index (χ3n) is 7.59. The first-order valence-electron chi connectivity index (χ1n) is 14.5. The molecule has 4 atom stereocenters. The summed E-state index contributed by atoms with van der Waals surface area (Å²) in [4.78, 5) is 41.9. The lowest BCUT2D eigenvalue weighted by Gasteiger charge is -2.24. The number of halogens is 3. The molecule has 3 aromatic rings. The van der Waals surface area contributed by atoms with Crippen molar-refractivity contribution in [3.63, 3.8) is 0 Å². The predicted octanol–water partition coefficient (Wildman–Crippen LogP) is 5.05. The van der Waals surface area contributed by atoms with E-state index in [0.29, 0.717) is 19.4 Å². The highest BCUT2D eigenvalue weighted by Gasteiger charge is 2.34. The summed E-state index contributed by atoms with van der Waals surface area (Å²) in [6, 6.07) is 16.4. The molecule has 1 amide bonds. The van der Waals surface area contributed by atoms with Gasteiger partial charge < -0.3 is 20.1 Å². The van der Waals surface area contributed by atoms with Crippen LogP contribution in [-0.2, 0) is 26.9 Å². The van der Waals surface area contributed by atoms with E-state index < -0.39 is 47.6 Å². The van der Waals surface area contributed by atoms with Crippen LogP contribution < -0.4 is 10.6 Å². The fourth-order valence-electron chi connectivity index (χ4n) is 5.36. The van der Waals surface area contributed by atoms with Crippen LogP contribution in [0.5, 0.6) is 0 Å². The van der Waals surface area contributed by atoms with E-state index in [9.17, 15) is 32.7 Å². The van der Waals surface area contributed by atoms with E-state index in [2.05, 4.69) is 15.6 Å². The van der Waals surface area contributed by atoms with Gasteiger partial charge in [-0.25, -0.2) is 4.79 Å². The second-order valence-corrected chi connectivity index (χ2v) is 10.8. The molecule has 1 aliphatic rings. The Hall–Kier alpha value is -4.22. The van der Waals surface area contributed by atoms with E-state index in [0.717, 1.165) is 11.6 Å². The van der Waals surface area contributed by atoms with Gasteiger partial charge in [-0.2, -0.15) is 13.2 Å². The molecule has 0 spiro atoms. The third-order valence-corrected chi connectivity index (χ3v) is 7.59. The number of benzene rings is 2. The molecule has 0 bridgehead atoms. The molecule has 2 aromatic carbocycles. The number of hydrogen-bond acceptors (Lipinski definition) is 6. The van der Waals surface area contributed by atoms with Gasteiger partial charge in [-0.3, -0.25) is 14.9 Å². The number of H-pyrrole nitrogens is 1. The molecule has 4 rings (SSSR count). The number of carbonyl (C=O) groups excluding carboxylic acids is 3. The Labute approximate surface area is 253 Å². The van der Waals surface area contributed by atoms with Crippen LogP contribution in [0.15, 0.2) is 78.9 Å². The molecule has 1 unspecified atom stereocenters. The van der Waals surface area contributed by atoms with E-state index in [1.807, 2.05) is 30.3 Å². The summed E-state index contributed by atoms with van der Waals surface area (Å²) in [5.74, 6) is -2.44. The summed E-state index contributed by atoms with van der Waals surface area (Å²) >= 11 is 0. The van der Waals surface area contributed by atoms with E-state index in [4.69, 9.17) is 4.74 Å². The number of aromatic nitrogens is 1. The van der Waals surface area contributed by atoms with Crippen LogP contribution in [-0.4, -0.2) is 53.2 Å². The minimum absolute atomic E-state index is 0.0850. The number of ether oxygens (including phenoxy) is 1. The van der Waals surface area contributed by atoms with Crippen molar-refractivity contribution in [2.24, 2.45) is 11.8 Å². The zero-order valence-electron chi connectivity index (χ0n) is 24.3. The minimum Gasteiger partial charge on any atom is -0.463 e. The average molecular weight is 612 g/mol. The van der Waals surface area contributed by atoms with Gasteiger partial charge in [-0.05, 0) is 56.5 Å².